The van der Waals surface area contributed by atoms with E-state index < -0.39 is 54.0 Å². The SMILES string of the molecule is CCC(C)C(NC(=O)C(Cc1c[nH]c2ccccc12)NC(=O)C(CCCN=C(N)N)NC(=O)C(N)C(C)O)C(=O)O. The molecule has 1 aromatic carbocycles. The topological polar surface area (TPSA) is 251 Å². The minimum absolute atomic E-state index is 0.0380. The van der Waals surface area contributed by atoms with E-state index in [4.69, 9.17) is 17.2 Å². The summed E-state index contributed by atoms with van der Waals surface area (Å²) in [6.45, 7) is 5.04. The number of aliphatic carboxylic acids is 1. The molecular formula is C27H42N8O6. The van der Waals surface area contributed by atoms with E-state index in [-0.39, 0.29) is 31.3 Å². The lowest BCUT2D eigenvalue weighted by molar-refractivity contribution is -0.143. The number of carboxylic acids is 1. The Hall–Kier alpha value is -4.17. The maximum Gasteiger partial charge on any atom is 0.326 e. The first-order valence-corrected chi connectivity index (χ1v) is 13.5. The summed E-state index contributed by atoms with van der Waals surface area (Å²) in [5.41, 5.74) is 18.0. The first kappa shape index (κ1) is 33.0. The minimum atomic E-state index is -1.29. The van der Waals surface area contributed by atoms with Gasteiger partial charge in [-0.2, -0.15) is 0 Å². The second-order valence-electron chi connectivity index (χ2n) is 10.1. The number of carbonyl (C=O) groups is 4. The second-order valence-corrected chi connectivity index (χ2v) is 10.1. The van der Waals surface area contributed by atoms with Crippen LogP contribution in [0.4, 0.5) is 0 Å². The summed E-state index contributed by atoms with van der Waals surface area (Å²) in [5, 5.41) is 28.0. The summed E-state index contributed by atoms with van der Waals surface area (Å²) < 4.78 is 0. The number of amides is 3. The molecule has 41 heavy (non-hydrogen) atoms. The van der Waals surface area contributed by atoms with E-state index in [1.807, 2.05) is 31.2 Å². The van der Waals surface area contributed by atoms with Crippen LogP contribution in [0, 0.1) is 5.92 Å². The molecule has 14 nitrogen and oxygen atoms in total. The lowest BCUT2D eigenvalue weighted by Gasteiger charge is -2.27. The minimum Gasteiger partial charge on any atom is -0.480 e. The highest BCUT2D eigenvalue weighted by atomic mass is 16.4. The molecule has 0 saturated heterocycles. The number of benzene rings is 1. The number of nitrogens with zero attached hydrogens (tertiary/aromatic N) is 1. The lowest BCUT2D eigenvalue weighted by atomic mass is 9.97. The maximum absolute atomic E-state index is 13.5. The van der Waals surface area contributed by atoms with Crippen LogP contribution in [-0.4, -0.2) is 81.7 Å². The van der Waals surface area contributed by atoms with Crippen molar-refractivity contribution in [1.82, 2.24) is 20.9 Å². The summed E-state index contributed by atoms with van der Waals surface area (Å²) in [5.74, 6) is -3.84. The smallest absolute Gasteiger partial charge is 0.326 e. The number of para-hydroxylation sites is 1. The summed E-state index contributed by atoms with van der Waals surface area (Å²) in [7, 11) is 0. The van der Waals surface area contributed by atoms with E-state index in [0.717, 1.165) is 16.5 Å². The fraction of sp³-hybridized carbons (Fsp3) is 0.519. The fourth-order valence-electron chi connectivity index (χ4n) is 4.20. The molecule has 0 aliphatic rings. The van der Waals surface area contributed by atoms with Gasteiger partial charge < -0.3 is 48.3 Å². The molecule has 3 amide bonds. The number of nitrogens with two attached hydrogens (primary N) is 3. The number of nitrogens with one attached hydrogen (secondary N) is 4. The monoisotopic (exact) mass is 574 g/mol. The number of H-pyrrole nitrogens is 1. The van der Waals surface area contributed by atoms with Crippen LogP contribution >= 0.6 is 0 Å². The predicted molar refractivity (Wildman–Crippen MR) is 154 cm³/mol. The van der Waals surface area contributed by atoms with Gasteiger partial charge in [0.2, 0.25) is 17.7 Å². The Morgan fingerprint density at radius 3 is 2.24 bits per heavy atom. The molecule has 0 saturated carbocycles. The third-order valence-electron chi connectivity index (χ3n) is 6.91. The van der Waals surface area contributed by atoms with Gasteiger partial charge in [-0.05, 0) is 37.3 Å². The van der Waals surface area contributed by atoms with Crippen LogP contribution in [0.5, 0.6) is 0 Å². The quantitative estimate of drug-likeness (QED) is 0.0680. The Morgan fingerprint density at radius 2 is 1.63 bits per heavy atom. The van der Waals surface area contributed by atoms with Gasteiger partial charge in [-0.3, -0.25) is 19.4 Å². The van der Waals surface area contributed by atoms with E-state index in [1.54, 1.807) is 13.1 Å². The zero-order valence-corrected chi connectivity index (χ0v) is 23.6. The zero-order valence-electron chi connectivity index (χ0n) is 23.6. The Kier molecular flexibility index (Phi) is 12.5. The number of aromatic amines is 1. The first-order chi connectivity index (χ1) is 19.3. The van der Waals surface area contributed by atoms with Crippen LogP contribution in [0.25, 0.3) is 10.9 Å². The average molecular weight is 575 g/mol. The van der Waals surface area contributed by atoms with Crippen molar-refractivity contribution in [2.75, 3.05) is 6.54 Å². The molecule has 0 aliphatic carbocycles. The van der Waals surface area contributed by atoms with Gasteiger partial charge in [0, 0.05) is 30.1 Å². The molecule has 0 aliphatic heterocycles. The number of carbonyl (C=O) groups excluding carboxylic acids is 3. The van der Waals surface area contributed by atoms with Crippen molar-refractivity contribution in [2.45, 2.75) is 76.7 Å². The van der Waals surface area contributed by atoms with Gasteiger partial charge in [0.1, 0.15) is 24.2 Å². The summed E-state index contributed by atoms with van der Waals surface area (Å²) in [6.07, 6.45) is 1.48. The van der Waals surface area contributed by atoms with Crippen molar-refractivity contribution in [3.63, 3.8) is 0 Å². The molecule has 0 radical (unpaired) electrons. The molecule has 0 fully saturated rings. The van der Waals surface area contributed by atoms with Crippen LogP contribution < -0.4 is 33.2 Å². The predicted octanol–water partition coefficient (Wildman–Crippen LogP) is -0.943. The first-order valence-electron chi connectivity index (χ1n) is 13.5. The summed E-state index contributed by atoms with van der Waals surface area (Å²) in [4.78, 5) is 58.5. The molecule has 2 aromatic rings. The zero-order chi connectivity index (χ0) is 30.7. The van der Waals surface area contributed by atoms with Crippen LogP contribution in [0.2, 0.25) is 0 Å². The van der Waals surface area contributed by atoms with Crippen LogP contribution in [0.1, 0.15) is 45.6 Å². The number of aliphatic hydroxyl groups is 1. The Labute approximate surface area is 238 Å². The molecule has 226 valence electrons. The maximum atomic E-state index is 13.5. The van der Waals surface area contributed by atoms with E-state index in [1.165, 1.54) is 6.92 Å². The number of carboxylic acid groups (broad SMARTS) is 1. The average Bonchev–Trinajstić information content (AvgIpc) is 3.34. The summed E-state index contributed by atoms with van der Waals surface area (Å²) in [6, 6.07) is 2.62. The number of hydrogen-bond donors (Lipinski definition) is 9. The molecule has 1 heterocycles. The van der Waals surface area contributed by atoms with Crippen molar-refractivity contribution in [2.24, 2.45) is 28.1 Å². The highest BCUT2D eigenvalue weighted by Gasteiger charge is 2.32. The van der Waals surface area contributed by atoms with Crippen molar-refractivity contribution in [3.8, 4) is 0 Å². The number of aliphatic imine (C=N–C) groups is 1. The van der Waals surface area contributed by atoms with Gasteiger partial charge in [-0.25, -0.2) is 4.79 Å². The number of fused-ring (bicyclic) bond motifs is 1. The Balaban J connectivity index is 2.35. The Bertz CT molecular complexity index is 1230. The summed E-state index contributed by atoms with van der Waals surface area (Å²) >= 11 is 0. The van der Waals surface area contributed by atoms with E-state index >= 15 is 0 Å². The molecule has 6 unspecified atom stereocenters. The lowest BCUT2D eigenvalue weighted by Crippen LogP contribution is -2.59. The highest BCUT2D eigenvalue weighted by Crippen LogP contribution is 2.20. The van der Waals surface area contributed by atoms with E-state index in [2.05, 4.69) is 25.9 Å². The molecular weight excluding hydrogens is 532 g/mol. The molecule has 1 aromatic heterocycles. The van der Waals surface area contributed by atoms with E-state index in [0.29, 0.717) is 12.8 Å². The fourth-order valence-corrected chi connectivity index (χ4v) is 4.20. The van der Waals surface area contributed by atoms with Crippen molar-refractivity contribution in [3.05, 3.63) is 36.0 Å². The Morgan fingerprint density at radius 1 is 1.00 bits per heavy atom. The van der Waals surface area contributed by atoms with Gasteiger partial charge in [0.05, 0.1) is 6.10 Å². The molecule has 0 spiro atoms. The number of hydrogen-bond acceptors (Lipinski definition) is 7. The van der Waals surface area contributed by atoms with Gasteiger partial charge in [0.15, 0.2) is 5.96 Å². The molecule has 2 rings (SSSR count). The second kappa shape index (κ2) is 15.6. The highest BCUT2D eigenvalue weighted by molar-refractivity contribution is 5.95. The van der Waals surface area contributed by atoms with Crippen molar-refractivity contribution < 1.29 is 29.4 Å². The van der Waals surface area contributed by atoms with Gasteiger partial charge >= 0.3 is 5.97 Å². The molecule has 0 bridgehead atoms. The van der Waals surface area contributed by atoms with Gasteiger partial charge in [-0.15, -0.1) is 0 Å². The van der Waals surface area contributed by atoms with Crippen molar-refractivity contribution >= 4 is 40.6 Å². The standard InChI is InChI=1S/C27H42N8O6/c1-4-14(2)22(26(40)41)35-24(38)20(12-16-13-32-18-9-6-5-8-17(16)18)34-23(37)19(10-7-11-31-27(29)30)33-25(39)21(28)15(3)36/h5-6,8-9,13-15,19-22,32,36H,4,7,10-12,28H2,1-3H3,(H,33,39)(H,34,37)(H,35,38)(H,40,41)(H4,29,30,31). The largest absolute Gasteiger partial charge is 0.480 e. The van der Waals surface area contributed by atoms with E-state index in [9.17, 15) is 29.4 Å². The third kappa shape index (κ3) is 9.76. The van der Waals surface area contributed by atoms with Crippen molar-refractivity contribution in [1.29, 1.82) is 0 Å². The van der Waals surface area contributed by atoms with Gasteiger partial charge in [0.25, 0.3) is 0 Å². The van der Waals surface area contributed by atoms with Gasteiger partial charge in [-0.1, -0.05) is 38.5 Å². The van der Waals surface area contributed by atoms with Crippen LogP contribution in [-0.2, 0) is 25.6 Å². The third-order valence-corrected chi connectivity index (χ3v) is 6.91. The molecule has 14 heteroatoms. The van der Waals surface area contributed by atoms with Crippen LogP contribution in [0.15, 0.2) is 35.5 Å². The number of rotatable bonds is 16. The normalized spacial score (nSPS) is 15.5. The molecule has 6 atom stereocenters. The number of aromatic nitrogens is 1. The number of guanidine groups is 1. The molecule has 12 N–H and O–H groups in total. The number of aliphatic hydroxyl groups excluding tert-OH is 1. The van der Waals surface area contributed by atoms with Crippen LogP contribution in [0.3, 0.4) is 0 Å².